The number of nitrogens with one attached hydrogen (secondary N) is 2. The molecule has 2 atom stereocenters. The van der Waals surface area contributed by atoms with E-state index in [1.807, 2.05) is 0 Å². The van der Waals surface area contributed by atoms with Gasteiger partial charge in [0.15, 0.2) is 0 Å². The summed E-state index contributed by atoms with van der Waals surface area (Å²) in [7, 11) is 0. The number of H-pyrrole nitrogens is 1. The highest BCUT2D eigenvalue weighted by Crippen LogP contribution is 2.23. The minimum absolute atomic E-state index is 0.151. The van der Waals surface area contributed by atoms with Crippen molar-refractivity contribution in [2.45, 2.75) is 25.4 Å². The lowest BCUT2D eigenvalue weighted by molar-refractivity contribution is -0.129. The number of rotatable bonds is 7. The van der Waals surface area contributed by atoms with Gasteiger partial charge in [0.1, 0.15) is 17.4 Å². The molecule has 5 nitrogen and oxygen atoms in total. The first-order chi connectivity index (χ1) is 9.33. The second-order valence-electron chi connectivity index (χ2n) is 4.15. The van der Waals surface area contributed by atoms with E-state index >= 15 is 0 Å². The van der Waals surface area contributed by atoms with Crippen LogP contribution in [0.4, 0.5) is 13.2 Å². The zero-order valence-electron chi connectivity index (χ0n) is 10.9. The van der Waals surface area contributed by atoms with Crippen LogP contribution < -0.4 is 5.32 Å². The predicted octanol–water partition coefficient (Wildman–Crippen LogP) is 1.33. The summed E-state index contributed by atoms with van der Waals surface area (Å²) >= 11 is -1.73. The van der Waals surface area contributed by atoms with Crippen molar-refractivity contribution in [3.63, 3.8) is 0 Å². The molecule has 114 valence electrons. The molecule has 9 heteroatoms. The zero-order chi connectivity index (χ0) is 15.2. The fraction of sp³-hybridized carbons (Fsp3) is 0.636. The van der Waals surface area contributed by atoms with E-state index in [0.29, 0.717) is 12.1 Å². The van der Waals surface area contributed by atoms with E-state index in [1.54, 1.807) is 6.92 Å². The third kappa shape index (κ3) is 5.83. The first-order valence-electron chi connectivity index (χ1n) is 6.01. The third-order valence-electron chi connectivity index (χ3n) is 2.56. The van der Waals surface area contributed by atoms with Gasteiger partial charge in [-0.3, -0.25) is 9.89 Å². The molecule has 0 saturated heterocycles. The minimum Gasteiger partial charge on any atom is -0.616 e. The van der Waals surface area contributed by atoms with Crippen LogP contribution in [0, 0.1) is 0 Å². The van der Waals surface area contributed by atoms with Crippen molar-refractivity contribution >= 4 is 17.1 Å². The van der Waals surface area contributed by atoms with Gasteiger partial charge in [-0.25, -0.2) is 0 Å². The Morgan fingerprint density at radius 1 is 1.60 bits per heavy atom. The Morgan fingerprint density at radius 3 is 2.80 bits per heavy atom. The molecule has 0 aliphatic heterocycles. The molecule has 20 heavy (non-hydrogen) atoms. The van der Waals surface area contributed by atoms with Gasteiger partial charge in [0, 0.05) is 18.3 Å². The Morgan fingerprint density at radius 2 is 2.30 bits per heavy atom. The van der Waals surface area contributed by atoms with Gasteiger partial charge in [-0.2, -0.15) is 18.3 Å². The Kier molecular flexibility index (Phi) is 6.34. The summed E-state index contributed by atoms with van der Waals surface area (Å²) in [5.74, 6) is -1.78. The number of likely N-dealkylation sites (N-methyl/N-ethyl adjacent to an activating group) is 1. The highest BCUT2D eigenvalue weighted by atomic mass is 32.2. The lowest BCUT2D eigenvalue weighted by atomic mass is 10.0. The number of halogens is 3. The van der Waals surface area contributed by atoms with Gasteiger partial charge in [0.05, 0.1) is 12.6 Å². The van der Waals surface area contributed by atoms with Gasteiger partial charge in [-0.05, 0) is 6.92 Å². The van der Waals surface area contributed by atoms with E-state index in [1.165, 1.54) is 12.4 Å². The molecular formula is C11H16F3N3O2S. The molecule has 0 saturated carbocycles. The number of amides is 1. The van der Waals surface area contributed by atoms with Crippen LogP contribution >= 0.6 is 0 Å². The molecule has 0 spiro atoms. The van der Waals surface area contributed by atoms with Crippen LogP contribution in [0.1, 0.15) is 24.8 Å². The molecule has 0 aliphatic rings. The van der Waals surface area contributed by atoms with E-state index in [9.17, 15) is 22.5 Å². The maximum atomic E-state index is 12.1. The van der Waals surface area contributed by atoms with E-state index < -0.39 is 35.4 Å². The monoisotopic (exact) mass is 311 g/mol. The summed E-state index contributed by atoms with van der Waals surface area (Å²) in [5.41, 5.74) is 0.510. The van der Waals surface area contributed by atoms with E-state index in [4.69, 9.17) is 0 Å². The summed E-state index contributed by atoms with van der Waals surface area (Å²) < 4.78 is 47.9. The third-order valence-corrected chi connectivity index (χ3v) is 3.92. The van der Waals surface area contributed by atoms with Crippen molar-refractivity contribution in [2.24, 2.45) is 0 Å². The highest BCUT2D eigenvalue weighted by Gasteiger charge is 2.32. The Labute approximate surface area is 117 Å². The molecule has 1 heterocycles. The fourth-order valence-electron chi connectivity index (χ4n) is 1.57. The molecule has 0 bridgehead atoms. The number of aromatic nitrogens is 2. The Bertz CT molecular complexity index is 412. The number of hydrogen-bond donors (Lipinski definition) is 2. The van der Waals surface area contributed by atoms with E-state index in [-0.39, 0.29) is 11.7 Å². The Hall–Kier alpha value is -1.22. The number of carbonyl (C=O) groups excluding carboxylic acids is 1. The maximum Gasteiger partial charge on any atom is 0.393 e. The number of aromatic amines is 1. The number of hydrogen-bond acceptors (Lipinski definition) is 3. The van der Waals surface area contributed by atoms with Crippen molar-refractivity contribution in [1.82, 2.24) is 15.5 Å². The minimum atomic E-state index is -4.34. The quantitative estimate of drug-likeness (QED) is 0.746. The van der Waals surface area contributed by atoms with Gasteiger partial charge in [0.2, 0.25) is 5.91 Å². The zero-order valence-corrected chi connectivity index (χ0v) is 11.7. The van der Waals surface area contributed by atoms with Gasteiger partial charge in [-0.1, -0.05) is 11.2 Å². The van der Waals surface area contributed by atoms with Crippen LogP contribution in [0.5, 0.6) is 0 Å². The lowest BCUT2D eigenvalue weighted by Crippen LogP contribution is -2.34. The van der Waals surface area contributed by atoms with E-state index in [0.717, 1.165) is 0 Å². The Balaban J connectivity index is 2.63. The maximum absolute atomic E-state index is 12.1. The van der Waals surface area contributed by atoms with Crippen LogP contribution in [0.15, 0.2) is 12.4 Å². The van der Waals surface area contributed by atoms with Crippen LogP contribution in [-0.2, 0) is 16.0 Å². The summed E-state index contributed by atoms with van der Waals surface area (Å²) in [4.78, 5) is 11.9. The second kappa shape index (κ2) is 7.53. The van der Waals surface area contributed by atoms with Crippen LogP contribution in [-0.4, -0.2) is 44.9 Å². The van der Waals surface area contributed by atoms with Gasteiger partial charge < -0.3 is 9.87 Å². The molecule has 0 radical (unpaired) electrons. The predicted molar refractivity (Wildman–Crippen MR) is 68.6 cm³/mol. The first kappa shape index (κ1) is 16.8. The number of alkyl halides is 3. The van der Waals surface area contributed by atoms with Gasteiger partial charge in [0.25, 0.3) is 0 Å². The van der Waals surface area contributed by atoms with E-state index in [2.05, 4.69) is 15.5 Å². The van der Waals surface area contributed by atoms with Crippen LogP contribution in [0.3, 0.4) is 0 Å². The summed E-state index contributed by atoms with van der Waals surface area (Å²) in [5, 5.41) is 8.80. The van der Waals surface area contributed by atoms with Crippen LogP contribution in [0.2, 0.25) is 0 Å². The second-order valence-corrected chi connectivity index (χ2v) is 5.78. The highest BCUT2D eigenvalue weighted by molar-refractivity contribution is 7.91. The van der Waals surface area contributed by atoms with Gasteiger partial charge >= 0.3 is 6.18 Å². The largest absolute Gasteiger partial charge is 0.616 e. The van der Waals surface area contributed by atoms with Crippen molar-refractivity contribution in [3.05, 3.63) is 18.0 Å². The molecule has 0 aliphatic carbocycles. The SMILES string of the molecule is CCNC(=O)C(C[S+]([O-])CCC(F)(F)F)c1cn[nH]c1. The molecule has 1 amide bonds. The molecule has 0 fully saturated rings. The van der Waals surface area contributed by atoms with Gasteiger partial charge in [-0.15, -0.1) is 0 Å². The molecule has 0 aromatic carbocycles. The lowest BCUT2D eigenvalue weighted by Gasteiger charge is -2.18. The number of carbonyl (C=O) groups is 1. The summed E-state index contributed by atoms with van der Waals surface area (Å²) in [6.45, 7) is 2.12. The fourth-order valence-corrected chi connectivity index (χ4v) is 2.91. The average Bonchev–Trinajstić information content (AvgIpc) is 2.86. The molecule has 1 rings (SSSR count). The molecular weight excluding hydrogens is 295 g/mol. The molecule has 2 unspecified atom stereocenters. The number of nitrogens with zero attached hydrogens (tertiary/aromatic N) is 1. The van der Waals surface area contributed by atoms with Crippen LogP contribution in [0.25, 0.3) is 0 Å². The first-order valence-corrected chi connectivity index (χ1v) is 7.50. The molecule has 1 aromatic heterocycles. The van der Waals surface area contributed by atoms with Crippen molar-refractivity contribution < 1.29 is 22.5 Å². The summed E-state index contributed by atoms with van der Waals surface area (Å²) in [6.07, 6.45) is -2.58. The standard InChI is InChI=1S/C11H16F3N3O2S/c1-2-15-10(18)9(8-5-16-17-6-8)7-20(19)4-3-11(12,13)14/h5-6,9H,2-4,7H2,1H3,(H,15,18)(H,16,17). The van der Waals surface area contributed by atoms with Crippen molar-refractivity contribution in [1.29, 1.82) is 0 Å². The van der Waals surface area contributed by atoms with Crippen molar-refractivity contribution in [2.75, 3.05) is 18.1 Å². The topological polar surface area (TPSA) is 80.8 Å². The van der Waals surface area contributed by atoms with Crippen molar-refractivity contribution in [3.8, 4) is 0 Å². The average molecular weight is 311 g/mol. The molecule has 1 aromatic rings. The smallest absolute Gasteiger partial charge is 0.393 e. The normalized spacial score (nSPS) is 14.8. The summed E-state index contributed by atoms with van der Waals surface area (Å²) in [6, 6.07) is 0. The molecule has 2 N–H and O–H groups in total.